The fourth-order valence-electron chi connectivity index (χ4n) is 1.16. The van der Waals surface area contributed by atoms with Gasteiger partial charge >= 0.3 is 6.01 Å². The van der Waals surface area contributed by atoms with Crippen molar-refractivity contribution in [3.63, 3.8) is 0 Å². The summed E-state index contributed by atoms with van der Waals surface area (Å²) in [6, 6.07) is 1.01. The molecule has 0 aromatic carbocycles. The Morgan fingerprint density at radius 2 is 2.35 bits per heavy atom. The number of aryl methyl sites for hydroxylation is 1. The maximum atomic E-state index is 12.9. The molecule has 0 spiro atoms. The zero-order valence-electron chi connectivity index (χ0n) is 8.70. The number of carbonyl (C=O) groups is 1. The van der Waals surface area contributed by atoms with Crippen LogP contribution in [0, 0.1) is 12.7 Å². The van der Waals surface area contributed by atoms with Gasteiger partial charge < -0.3 is 4.42 Å². The lowest BCUT2D eigenvalue weighted by atomic mass is 10.2. The van der Waals surface area contributed by atoms with Crippen molar-refractivity contribution < 1.29 is 13.6 Å². The molecule has 2 aromatic heterocycles. The molecule has 2 aromatic rings. The summed E-state index contributed by atoms with van der Waals surface area (Å²) in [5.41, 5.74) is 0.534. The molecular weight excluding hydrogens is 249 g/mol. The molecule has 2 heterocycles. The predicted octanol–water partition coefficient (Wildman–Crippen LogP) is 2.42. The minimum absolute atomic E-state index is 0.0211. The molecule has 0 fully saturated rings. The highest BCUT2D eigenvalue weighted by Gasteiger charge is 2.14. The first-order valence-corrected chi connectivity index (χ1v) is 4.98. The van der Waals surface area contributed by atoms with E-state index >= 15 is 0 Å². The third kappa shape index (κ3) is 2.59. The number of pyridine rings is 1. The lowest BCUT2D eigenvalue weighted by Crippen LogP contribution is -2.13. The number of oxazole rings is 1. The summed E-state index contributed by atoms with van der Waals surface area (Å²) in [5, 5.41) is 2.25. The van der Waals surface area contributed by atoms with Gasteiger partial charge in [-0.2, -0.15) is 4.98 Å². The van der Waals surface area contributed by atoms with Gasteiger partial charge in [0, 0.05) is 0 Å². The lowest BCUT2D eigenvalue weighted by molar-refractivity contribution is 0.102. The van der Waals surface area contributed by atoms with Gasteiger partial charge in [-0.05, 0) is 13.0 Å². The molecule has 7 heteroatoms. The maximum Gasteiger partial charge on any atom is 0.301 e. The number of carbonyl (C=O) groups excluding carboxylic acids is 1. The number of amides is 1. The summed E-state index contributed by atoms with van der Waals surface area (Å²) >= 11 is 5.67. The summed E-state index contributed by atoms with van der Waals surface area (Å²) in [4.78, 5) is 19.1. The van der Waals surface area contributed by atoms with Crippen LogP contribution in [0.5, 0.6) is 0 Å². The Morgan fingerprint density at radius 3 is 3.00 bits per heavy atom. The van der Waals surface area contributed by atoms with Crippen LogP contribution in [-0.4, -0.2) is 15.9 Å². The second-order valence-corrected chi connectivity index (χ2v) is 3.60. The molecule has 0 saturated carbocycles. The summed E-state index contributed by atoms with van der Waals surface area (Å²) in [6.07, 6.45) is 2.30. The third-order valence-electron chi connectivity index (χ3n) is 1.89. The lowest BCUT2D eigenvalue weighted by Gasteiger charge is -2.02. The first-order chi connectivity index (χ1) is 8.06. The highest BCUT2D eigenvalue weighted by molar-refractivity contribution is 6.33. The van der Waals surface area contributed by atoms with Crippen LogP contribution in [0.1, 0.15) is 16.1 Å². The van der Waals surface area contributed by atoms with E-state index in [0.29, 0.717) is 5.69 Å². The monoisotopic (exact) mass is 255 g/mol. The average Bonchev–Trinajstić information content (AvgIpc) is 2.67. The largest absolute Gasteiger partial charge is 0.432 e. The van der Waals surface area contributed by atoms with Gasteiger partial charge in [-0.1, -0.05) is 11.6 Å². The zero-order valence-corrected chi connectivity index (χ0v) is 9.45. The van der Waals surface area contributed by atoms with E-state index in [1.807, 2.05) is 0 Å². The van der Waals surface area contributed by atoms with Crippen molar-refractivity contribution in [1.82, 2.24) is 9.97 Å². The van der Waals surface area contributed by atoms with Crippen molar-refractivity contribution in [1.29, 1.82) is 0 Å². The SMILES string of the molecule is Cc1coc(NC(=O)c2cc(F)cnc2Cl)n1. The van der Waals surface area contributed by atoms with Gasteiger partial charge in [-0.15, -0.1) is 0 Å². The van der Waals surface area contributed by atoms with E-state index in [9.17, 15) is 9.18 Å². The molecule has 1 amide bonds. The summed E-state index contributed by atoms with van der Waals surface area (Å²) < 4.78 is 17.8. The Balaban J connectivity index is 2.22. The highest BCUT2D eigenvalue weighted by Crippen LogP contribution is 2.16. The van der Waals surface area contributed by atoms with Crippen LogP contribution in [0.2, 0.25) is 5.15 Å². The molecule has 88 valence electrons. The highest BCUT2D eigenvalue weighted by atomic mass is 35.5. The van der Waals surface area contributed by atoms with Gasteiger partial charge in [0.05, 0.1) is 17.5 Å². The number of rotatable bonds is 2. The van der Waals surface area contributed by atoms with Crippen LogP contribution >= 0.6 is 11.6 Å². The Morgan fingerprint density at radius 1 is 1.59 bits per heavy atom. The number of hydrogen-bond acceptors (Lipinski definition) is 4. The first-order valence-electron chi connectivity index (χ1n) is 4.61. The third-order valence-corrected chi connectivity index (χ3v) is 2.19. The quantitative estimate of drug-likeness (QED) is 0.837. The molecule has 2 rings (SSSR count). The number of hydrogen-bond donors (Lipinski definition) is 1. The van der Waals surface area contributed by atoms with E-state index < -0.39 is 11.7 Å². The molecule has 1 N–H and O–H groups in total. The van der Waals surface area contributed by atoms with Crippen LogP contribution in [-0.2, 0) is 0 Å². The molecule has 0 aliphatic heterocycles. The molecule has 0 unspecified atom stereocenters. The van der Waals surface area contributed by atoms with Gasteiger partial charge in [0.2, 0.25) is 0 Å². The smallest absolute Gasteiger partial charge is 0.301 e. The molecule has 0 aliphatic carbocycles. The molecule has 0 saturated heterocycles. The van der Waals surface area contributed by atoms with Gasteiger partial charge in [-0.25, -0.2) is 9.37 Å². The molecule has 0 atom stereocenters. The minimum Gasteiger partial charge on any atom is -0.432 e. The van der Waals surface area contributed by atoms with E-state index in [0.717, 1.165) is 12.3 Å². The van der Waals surface area contributed by atoms with Crippen molar-refractivity contribution in [2.75, 3.05) is 5.32 Å². The van der Waals surface area contributed by atoms with Crippen LogP contribution in [0.15, 0.2) is 22.9 Å². The average molecular weight is 256 g/mol. The standard InChI is InChI=1S/C10H7ClFN3O2/c1-5-4-17-10(14-5)15-9(16)7-2-6(12)3-13-8(7)11/h2-4H,1H3,(H,14,15,16). The van der Waals surface area contributed by atoms with Crippen LogP contribution in [0.4, 0.5) is 10.4 Å². The van der Waals surface area contributed by atoms with E-state index in [-0.39, 0.29) is 16.7 Å². The van der Waals surface area contributed by atoms with Gasteiger partial charge in [0.1, 0.15) is 17.2 Å². The van der Waals surface area contributed by atoms with E-state index in [1.54, 1.807) is 6.92 Å². The second kappa shape index (κ2) is 4.50. The number of nitrogens with zero attached hydrogens (tertiary/aromatic N) is 2. The van der Waals surface area contributed by atoms with Crippen LogP contribution in [0.25, 0.3) is 0 Å². The molecule has 0 radical (unpaired) electrons. The summed E-state index contributed by atoms with van der Waals surface area (Å²) in [6.45, 7) is 1.70. The number of nitrogens with one attached hydrogen (secondary N) is 1. The topological polar surface area (TPSA) is 68.0 Å². The van der Waals surface area contributed by atoms with E-state index in [2.05, 4.69) is 15.3 Å². The molecular formula is C10H7ClFN3O2. The van der Waals surface area contributed by atoms with Crippen LogP contribution in [0.3, 0.4) is 0 Å². The fraction of sp³-hybridized carbons (Fsp3) is 0.100. The van der Waals surface area contributed by atoms with Crippen molar-refractivity contribution in [2.24, 2.45) is 0 Å². The molecule has 17 heavy (non-hydrogen) atoms. The Labute approximate surface area is 101 Å². The summed E-state index contributed by atoms with van der Waals surface area (Å²) in [7, 11) is 0. The maximum absolute atomic E-state index is 12.9. The number of halogens is 2. The zero-order chi connectivity index (χ0) is 12.4. The molecule has 5 nitrogen and oxygen atoms in total. The van der Waals surface area contributed by atoms with Crippen molar-refractivity contribution in [2.45, 2.75) is 6.92 Å². The van der Waals surface area contributed by atoms with Crippen molar-refractivity contribution in [3.8, 4) is 0 Å². The van der Waals surface area contributed by atoms with E-state index in [4.69, 9.17) is 16.0 Å². The number of anilines is 1. The minimum atomic E-state index is -0.650. The fourth-order valence-corrected chi connectivity index (χ4v) is 1.35. The summed E-state index contributed by atoms with van der Waals surface area (Å²) in [5.74, 6) is -1.29. The van der Waals surface area contributed by atoms with Crippen molar-refractivity contribution >= 4 is 23.5 Å². The Kier molecular flexibility index (Phi) is 3.06. The molecule has 0 aliphatic rings. The molecule has 0 bridgehead atoms. The Hall–Kier alpha value is -1.95. The second-order valence-electron chi connectivity index (χ2n) is 3.24. The van der Waals surface area contributed by atoms with Crippen molar-refractivity contribution in [3.05, 3.63) is 40.8 Å². The van der Waals surface area contributed by atoms with Gasteiger partial charge in [-0.3, -0.25) is 10.1 Å². The van der Waals surface area contributed by atoms with Gasteiger partial charge in [0.15, 0.2) is 0 Å². The number of aromatic nitrogens is 2. The first kappa shape index (κ1) is 11.5. The Bertz CT molecular complexity index is 570. The predicted molar refractivity (Wildman–Crippen MR) is 58.4 cm³/mol. The van der Waals surface area contributed by atoms with Crippen LogP contribution < -0.4 is 5.32 Å². The van der Waals surface area contributed by atoms with E-state index in [1.165, 1.54) is 6.26 Å². The van der Waals surface area contributed by atoms with Gasteiger partial charge in [0.25, 0.3) is 5.91 Å². The normalized spacial score (nSPS) is 10.3.